The number of nitro groups is 1. The van der Waals surface area contributed by atoms with Crippen molar-refractivity contribution < 1.29 is 19.6 Å². The fourth-order valence-electron chi connectivity index (χ4n) is 2.54. The molecule has 2 aromatic rings. The molecule has 0 bridgehead atoms. The molecule has 8 nitrogen and oxygen atoms in total. The summed E-state index contributed by atoms with van der Waals surface area (Å²) in [6.07, 6.45) is 0.577. The van der Waals surface area contributed by atoms with Crippen LogP contribution in [0.4, 0.5) is 11.4 Å². The van der Waals surface area contributed by atoms with E-state index in [0.29, 0.717) is 6.42 Å². The summed E-state index contributed by atoms with van der Waals surface area (Å²) in [6.45, 7) is 3.63. The lowest BCUT2D eigenvalue weighted by atomic mass is 9.97. The maximum absolute atomic E-state index is 12.8. The molecular formula is C19H19Cl2N3O5. The minimum atomic E-state index is -0.947. The number of nitro benzene ring substituents is 1. The first-order valence-corrected chi connectivity index (χ1v) is 9.43. The molecule has 0 fully saturated rings. The molecule has 29 heavy (non-hydrogen) atoms. The minimum absolute atomic E-state index is 0.00531. The maximum atomic E-state index is 12.8. The predicted molar refractivity (Wildman–Crippen MR) is 111 cm³/mol. The quantitative estimate of drug-likeness (QED) is 0.436. The molecule has 2 aromatic carbocycles. The summed E-state index contributed by atoms with van der Waals surface area (Å²) >= 11 is 11.9. The monoisotopic (exact) mass is 439 g/mol. The number of rotatable bonds is 7. The van der Waals surface area contributed by atoms with Crippen LogP contribution in [-0.4, -0.2) is 27.9 Å². The van der Waals surface area contributed by atoms with E-state index in [4.69, 9.17) is 23.2 Å². The van der Waals surface area contributed by atoms with E-state index in [0.717, 1.165) is 6.07 Å². The minimum Gasteiger partial charge on any atom is -0.507 e. The standard InChI is InChI=1S/C19H19Cl2N3O5/c1-3-10(2)17(23-18(26)13-8-11(20)4-7-16(13)25)19(27)22-15-6-5-12(24(28)29)9-14(15)21/h4-10,17,25H,3H2,1-2H3,(H,22,27)(H,23,26). The SMILES string of the molecule is CCC(C)C(NC(=O)c1cc(Cl)ccc1O)C(=O)Nc1ccc([N+](=O)[O-])cc1Cl. The van der Waals surface area contributed by atoms with E-state index in [1.54, 1.807) is 6.92 Å². The van der Waals surface area contributed by atoms with E-state index in [1.807, 2.05) is 6.92 Å². The van der Waals surface area contributed by atoms with Gasteiger partial charge in [-0.1, -0.05) is 43.5 Å². The van der Waals surface area contributed by atoms with E-state index in [9.17, 15) is 24.8 Å². The molecule has 0 aliphatic heterocycles. The highest BCUT2D eigenvalue weighted by Gasteiger charge is 2.28. The third kappa shape index (κ3) is 5.58. The molecule has 0 aliphatic carbocycles. The van der Waals surface area contributed by atoms with Gasteiger partial charge in [-0.15, -0.1) is 0 Å². The van der Waals surface area contributed by atoms with Gasteiger partial charge in [0.1, 0.15) is 11.8 Å². The molecule has 0 aromatic heterocycles. The van der Waals surface area contributed by atoms with Gasteiger partial charge in [0.15, 0.2) is 0 Å². The molecule has 2 atom stereocenters. The van der Waals surface area contributed by atoms with Gasteiger partial charge in [0, 0.05) is 17.2 Å². The van der Waals surface area contributed by atoms with Crippen LogP contribution in [-0.2, 0) is 4.79 Å². The highest BCUT2D eigenvalue weighted by molar-refractivity contribution is 6.34. The lowest BCUT2D eigenvalue weighted by molar-refractivity contribution is -0.384. The van der Waals surface area contributed by atoms with Crippen molar-refractivity contribution in [1.29, 1.82) is 0 Å². The first-order chi connectivity index (χ1) is 13.6. The van der Waals surface area contributed by atoms with Gasteiger partial charge in [0.2, 0.25) is 5.91 Å². The number of hydrogen-bond donors (Lipinski definition) is 3. The Morgan fingerprint density at radius 2 is 1.90 bits per heavy atom. The second-order valence-electron chi connectivity index (χ2n) is 6.41. The molecule has 10 heteroatoms. The van der Waals surface area contributed by atoms with Crippen LogP contribution in [0.1, 0.15) is 30.6 Å². The predicted octanol–water partition coefficient (Wildman–Crippen LogP) is 4.39. The number of halogens is 2. The maximum Gasteiger partial charge on any atom is 0.271 e. The number of anilines is 1. The van der Waals surface area contributed by atoms with Crippen molar-refractivity contribution >= 4 is 46.4 Å². The average molecular weight is 440 g/mol. The molecule has 2 amide bonds. The zero-order valence-corrected chi connectivity index (χ0v) is 17.1. The van der Waals surface area contributed by atoms with Gasteiger partial charge >= 0.3 is 0 Å². The van der Waals surface area contributed by atoms with Crippen molar-refractivity contribution in [3.05, 3.63) is 62.1 Å². The number of non-ortho nitro benzene ring substituents is 1. The van der Waals surface area contributed by atoms with Crippen LogP contribution in [0, 0.1) is 16.0 Å². The van der Waals surface area contributed by atoms with Crippen LogP contribution in [0.3, 0.4) is 0 Å². The zero-order valence-electron chi connectivity index (χ0n) is 15.6. The third-order valence-electron chi connectivity index (χ3n) is 4.41. The summed E-state index contributed by atoms with van der Waals surface area (Å²) in [6, 6.07) is 6.72. The first-order valence-electron chi connectivity index (χ1n) is 8.68. The third-order valence-corrected chi connectivity index (χ3v) is 4.95. The second kappa shape index (κ2) is 9.58. The van der Waals surface area contributed by atoms with Crippen LogP contribution < -0.4 is 10.6 Å². The number of nitrogens with zero attached hydrogens (tertiary/aromatic N) is 1. The van der Waals surface area contributed by atoms with Gasteiger partial charge in [-0.2, -0.15) is 0 Å². The second-order valence-corrected chi connectivity index (χ2v) is 7.25. The molecule has 0 spiro atoms. The zero-order chi connectivity index (χ0) is 21.7. The number of nitrogens with one attached hydrogen (secondary N) is 2. The Balaban J connectivity index is 2.23. The average Bonchev–Trinajstić information content (AvgIpc) is 2.68. The van der Waals surface area contributed by atoms with Crippen LogP contribution in [0.5, 0.6) is 5.75 Å². The summed E-state index contributed by atoms with van der Waals surface area (Å²) in [5.74, 6) is -1.74. The number of amides is 2. The van der Waals surface area contributed by atoms with Crippen molar-refractivity contribution in [1.82, 2.24) is 5.32 Å². The van der Waals surface area contributed by atoms with Gasteiger partial charge in [-0.3, -0.25) is 19.7 Å². The van der Waals surface area contributed by atoms with Gasteiger partial charge in [0.05, 0.1) is 21.2 Å². The van der Waals surface area contributed by atoms with Crippen LogP contribution in [0.15, 0.2) is 36.4 Å². The topological polar surface area (TPSA) is 122 Å². The Hall–Kier alpha value is -2.84. The Morgan fingerprint density at radius 1 is 1.21 bits per heavy atom. The smallest absolute Gasteiger partial charge is 0.271 e. The molecule has 0 radical (unpaired) electrons. The Bertz CT molecular complexity index is 951. The summed E-state index contributed by atoms with van der Waals surface area (Å²) in [5.41, 5.74) is -0.0985. The van der Waals surface area contributed by atoms with Gasteiger partial charge in [0.25, 0.3) is 11.6 Å². The van der Waals surface area contributed by atoms with E-state index < -0.39 is 22.8 Å². The van der Waals surface area contributed by atoms with Crippen molar-refractivity contribution in [2.24, 2.45) is 5.92 Å². The number of carbonyl (C=O) groups excluding carboxylic acids is 2. The molecule has 0 aliphatic rings. The van der Waals surface area contributed by atoms with E-state index in [2.05, 4.69) is 10.6 Å². The number of phenolic OH excluding ortho intramolecular Hbond substituents is 1. The summed E-state index contributed by atoms with van der Waals surface area (Å²) in [4.78, 5) is 35.6. The fourth-order valence-corrected chi connectivity index (χ4v) is 2.93. The van der Waals surface area contributed by atoms with Gasteiger partial charge in [-0.05, 0) is 30.2 Å². The van der Waals surface area contributed by atoms with Crippen LogP contribution >= 0.6 is 23.2 Å². The molecule has 154 valence electrons. The molecule has 2 rings (SSSR count). The Labute approximate surface area is 177 Å². The van der Waals surface area contributed by atoms with Gasteiger partial charge in [-0.25, -0.2) is 0 Å². The highest BCUT2D eigenvalue weighted by atomic mass is 35.5. The van der Waals surface area contributed by atoms with E-state index in [1.165, 1.54) is 30.3 Å². The summed E-state index contributed by atoms with van der Waals surface area (Å²) in [5, 5.41) is 26.1. The lowest BCUT2D eigenvalue weighted by Crippen LogP contribution is -2.47. The molecule has 3 N–H and O–H groups in total. The van der Waals surface area contributed by atoms with Crippen LogP contribution in [0.25, 0.3) is 0 Å². The first kappa shape index (κ1) is 22.4. The van der Waals surface area contributed by atoms with Crippen LogP contribution in [0.2, 0.25) is 10.0 Å². The molecule has 0 saturated carbocycles. The largest absolute Gasteiger partial charge is 0.507 e. The van der Waals surface area contributed by atoms with E-state index in [-0.39, 0.29) is 38.7 Å². The number of benzene rings is 2. The van der Waals surface area contributed by atoms with Crippen molar-refractivity contribution in [3.8, 4) is 5.75 Å². The number of phenols is 1. The Morgan fingerprint density at radius 3 is 2.48 bits per heavy atom. The normalized spacial score (nSPS) is 12.7. The lowest BCUT2D eigenvalue weighted by Gasteiger charge is -2.24. The molecule has 0 heterocycles. The molecule has 2 unspecified atom stereocenters. The van der Waals surface area contributed by atoms with Crippen molar-refractivity contribution in [2.45, 2.75) is 26.3 Å². The number of carbonyl (C=O) groups is 2. The fraction of sp³-hybridized carbons (Fsp3) is 0.263. The van der Waals surface area contributed by atoms with E-state index >= 15 is 0 Å². The van der Waals surface area contributed by atoms with Crippen molar-refractivity contribution in [3.63, 3.8) is 0 Å². The van der Waals surface area contributed by atoms with Crippen molar-refractivity contribution in [2.75, 3.05) is 5.32 Å². The molecular weight excluding hydrogens is 421 g/mol. The Kier molecular flexibility index (Phi) is 7.41. The molecule has 0 saturated heterocycles. The summed E-state index contributed by atoms with van der Waals surface area (Å²) < 4.78 is 0. The van der Waals surface area contributed by atoms with Gasteiger partial charge < -0.3 is 15.7 Å². The summed E-state index contributed by atoms with van der Waals surface area (Å²) in [7, 11) is 0. The highest BCUT2D eigenvalue weighted by Crippen LogP contribution is 2.27. The number of aromatic hydroxyl groups is 1. The number of hydrogen-bond acceptors (Lipinski definition) is 5.